The smallest absolute Gasteiger partial charge is 0.405 e. The molecule has 13 nitrogen and oxygen atoms in total. The average Bonchev–Trinajstić information content (AvgIpc) is 3.86. The van der Waals surface area contributed by atoms with E-state index in [0.29, 0.717) is 40.5 Å². The van der Waals surface area contributed by atoms with Crippen LogP contribution in [0.5, 0.6) is 5.75 Å². The molecule has 308 valence electrons. The number of alkyl halides is 3. The molecule has 0 bridgehead atoms. The molecular weight excluding hydrogens is 764 g/mol. The molecule has 0 spiro atoms. The van der Waals surface area contributed by atoms with E-state index in [2.05, 4.69) is 15.3 Å². The van der Waals surface area contributed by atoms with Crippen molar-refractivity contribution in [2.45, 2.75) is 62.7 Å². The lowest BCUT2D eigenvalue weighted by molar-refractivity contribution is -0.145. The normalized spacial score (nSPS) is 20.2. The first-order valence-corrected chi connectivity index (χ1v) is 18.9. The van der Waals surface area contributed by atoms with Crippen LogP contribution < -0.4 is 15.4 Å². The lowest BCUT2D eigenvalue weighted by Gasteiger charge is -2.46. The van der Waals surface area contributed by atoms with E-state index >= 15 is 0 Å². The number of oxazole rings is 1. The number of furan rings is 1. The number of piperazine rings is 1. The van der Waals surface area contributed by atoms with E-state index in [4.69, 9.17) is 13.6 Å². The van der Waals surface area contributed by atoms with Crippen molar-refractivity contribution in [2.75, 3.05) is 39.3 Å². The molecule has 58 heavy (non-hydrogen) atoms. The number of aliphatic hydroxyl groups excluding tert-OH is 2. The van der Waals surface area contributed by atoms with E-state index in [1.54, 1.807) is 65.8 Å². The van der Waals surface area contributed by atoms with Gasteiger partial charge < -0.3 is 34.4 Å². The number of hydrogen-bond donors (Lipinski definition) is 4. The number of benzene rings is 2. The minimum absolute atomic E-state index is 0.0439. The number of amides is 2. The van der Waals surface area contributed by atoms with E-state index < -0.39 is 66.1 Å². The number of nitrogens with one attached hydrogen (secondary N) is 2. The highest BCUT2D eigenvalue weighted by Crippen LogP contribution is 2.35. The van der Waals surface area contributed by atoms with Crippen molar-refractivity contribution in [1.29, 1.82) is 0 Å². The summed E-state index contributed by atoms with van der Waals surface area (Å²) in [5.74, 6) is -1.03. The fourth-order valence-electron chi connectivity index (χ4n) is 7.57. The second-order valence-corrected chi connectivity index (χ2v) is 15.2. The van der Waals surface area contributed by atoms with Crippen LogP contribution >= 0.6 is 0 Å². The SMILES string of the molecule is CC(C)(c1ncc(-c2ccc(F)cc2)o1)N1CCN(C[C@@H](O)C[C@H](Cc2cc3ccncc3o2)C(=O)N[C@H]2c3ccccc3OC[C@H]2O)[C@H](C(=O)NCC(F)(F)F)C1. The standard InChI is InChI=1S/C41H44F4N6O7/c1-40(2,39-47-19-35(58-39)24-7-9-27(42)10-8-24)51-14-13-50(31(21-51)38(55)48-23-41(43,44)45)20-28(52)15-26(17-29-16-25-11-12-46-18-34(25)57-29)37(54)49-36-30-5-3-4-6-33(30)56-22-32(36)53/h3-12,16,18-19,26,28,31-32,36,52-53H,13-15,17,20-23H2,1-2H3,(H,48,55)(H,49,54)/t26-,28+,31+,32-,36+/m1/s1. The Morgan fingerprint density at radius 3 is 2.57 bits per heavy atom. The van der Waals surface area contributed by atoms with E-state index in [-0.39, 0.29) is 45.0 Å². The fourth-order valence-corrected chi connectivity index (χ4v) is 7.57. The monoisotopic (exact) mass is 808 g/mol. The molecule has 0 saturated carbocycles. The lowest BCUT2D eigenvalue weighted by atomic mass is 9.92. The summed E-state index contributed by atoms with van der Waals surface area (Å²) in [6.45, 7) is 2.32. The van der Waals surface area contributed by atoms with Gasteiger partial charge in [-0.05, 0) is 62.7 Å². The first kappa shape index (κ1) is 40.8. The molecule has 2 aliphatic rings. The van der Waals surface area contributed by atoms with Gasteiger partial charge in [-0.25, -0.2) is 9.37 Å². The predicted octanol–water partition coefficient (Wildman–Crippen LogP) is 4.74. The Hall–Kier alpha value is -5.36. The van der Waals surface area contributed by atoms with Crippen LogP contribution in [0.25, 0.3) is 22.3 Å². The quantitative estimate of drug-likeness (QED) is 0.121. The summed E-state index contributed by atoms with van der Waals surface area (Å²) >= 11 is 0. The van der Waals surface area contributed by atoms with E-state index in [1.807, 2.05) is 24.1 Å². The maximum Gasteiger partial charge on any atom is 0.405 e. The molecule has 0 aliphatic carbocycles. The molecule has 1 fully saturated rings. The number of hydrogen-bond acceptors (Lipinski definition) is 11. The highest BCUT2D eigenvalue weighted by atomic mass is 19.4. The number of aromatic nitrogens is 2. The van der Waals surface area contributed by atoms with Crippen LogP contribution in [0, 0.1) is 11.7 Å². The third-order valence-corrected chi connectivity index (χ3v) is 10.7. The number of β-amino-alcohol motifs (C(OH)–C–C–N with tert-alkyl or cyclic N) is 1. The number of nitrogens with zero attached hydrogens (tertiary/aromatic N) is 4. The van der Waals surface area contributed by atoms with Crippen LogP contribution in [-0.4, -0.2) is 106 Å². The Bertz CT molecular complexity index is 2180. The number of fused-ring (bicyclic) bond motifs is 2. The number of rotatable bonds is 13. The molecule has 3 aromatic heterocycles. The van der Waals surface area contributed by atoms with Crippen molar-refractivity contribution in [3.05, 3.63) is 102 Å². The highest BCUT2D eigenvalue weighted by Gasteiger charge is 2.43. The molecule has 0 unspecified atom stereocenters. The first-order valence-electron chi connectivity index (χ1n) is 18.9. The van der Waals surface area contributed by atoms with Crippen LogP contribution in [0.4, 0.5) is 17.6 Å². The van der Waals surface area contributed by atoms with Gasteiger partial charge >= 0.3 is 6.18 Å². The minimum atomic E-state index is -4.66. The van der Waals surface area contributed by atoms with Gasteiger partial charge in [0.15, 0.2) is 11.3 Å². The molecule has 5 atom stereocenters. The summed E-state index contributed by atoms with van der Waals surface area (Å²) in [7, 11) is 0. The zero-order valence-corrected chi connectivity index (χ0v) is 31.8. The number of halogens is 4. The van der Waals surface area contributed by atoms with Gasteiger partial charge in [-0.2, -0.15) is 13.2 Å². The molecule has 7 rings (SSSR count). The summed E-state index contributed by atoms with van der Waals surface area (Å²) in [6.07, 6.45) is -2.33. The second kappa shape index (κ2) is 16.9. The van der Waals surface area contributed by atoms with Crippen LogP contribution in [0.2, 0.25) is 0 Å². The molecule has 17 heteroatoms. The third kappa shape index (κ3) is 9.33. The van der Waals surface area contributed by atoms with Gasteiger partial charge in [-0.1, -0.05) is 18.2 Å². The van der Waals surface area contributed by atoms with Gasteiger partial charge in [-0.3, -0.25) is 24.4 Å². The van der Waals surface area contributed by atoms with Gasteiger partial charge in [-0.15, -0.1) is 0 Å². The third-order valence-electron chi connectivity index (χ3n) is 10.7. The zero-order chi connectivity index (χ0) is 41.2. The first-order chi connectivity index (χ1) is 27.6. The molecule has 5 heterocycles. The highest BCUT2D eigenvalue weighted by molar-refractivity contribution is 5.82. The zero-order valence-electron chi connectivity index (χ0n) is 31.8. The Kier molecular flexibility index (Phi) is 11.9. The summed E-state index contributed by atoms with van der Waals surface area (Å²) in [6, 6.07) is 14.3. The van der Waals surface area contributed by atoms with Gasteiger partial charge in [0.1, 0.15) is 42.6 Å². The summed E-state index contributed by atoms with van der Waals surface area (Å²) in [5.41, 5.74) is 0.756. The average molecular weight is 809 g/mol. The molecule has 2 aliphatic heterocycles. The van der Waals surface area contributed by atoms with Crippen molar-refractivity contribution >= 4 is 22.8 Å². The fraction of sp³-hybridized carbons (Fsp3) is 0.415. The Balaban J connectivity index is 1.09. The van der Waals surface area contributed by atoms with Crippen LogP contribution in [0.3, 0.4) is 0 Å². The van der Waals surface area contributed by atoms with Gasteiger partial charge in [0.05, 0.1) is 30.1 Å². The predicted molar refractivity (Wildman–Crippen MR) is 202 cm³/mol. The Labute approximate surface area is 331 Å². The number of para-hydroxylation sites is 1. The maximum atomic E-state index is 14.1. The molecule has 5 aromatic rings. The summed E-state index contributed by atoms with van der Waals surface area (Å²) in [5, 5.41) is 28.2. The number of aliphatic hydroxyl groups is 2. The summed E-state index contributed by atoms with van der Waals surface area (Å²) in [4.78, 5) is 39.7. The van der Waals surface area contributed by atoms with E-state index in [0.717, 1.165) is 5.39 Å². The van der Waals surface area contributed by atoms with E-state index in [9.17, 15) is 37.4 Å². The lowest BCUT2D eigenvalue weighted by Crippen LogP contribution is -2.63. The van der Waals surface area contributed by atoms with Crippen molar-refractivity contribution in [3.63, 3.8) is 0 Å². The van der Waals surface area contributed by atoms with Crippen LogP contribution in [-0.2, 0) is 21.5 Å². The maximum absolute atomic E-state index is 14.1. The number of pyridine rings is 1. The molecular formula is C41H44F4N6O7. The van der Waals surface area contributed by atoms with Gasteiger partial charge in [0, 0.05) is 61.2 Å². The van der Waals surface area contributed by atoms with E-state index in [1.165, 1.54) is 18.3 Å². The molecule has 4 N–H and O–H groups in total. The Morgan fingerprint density at radius 2 is 1.81 bits per heavy atom. The topological polar surface area (TPSA) is 166 Å². The van der Waals surface area contributed by atoms with Crippen molar-refractivity contribution in [1.82, 2.24) is 30.4 Å². The summed E-state index contributed by atoms with van der Waals surface area (Å²) < 4.78 is 71.1. The Morgan fingerprint density at radius 1 is 1.03 bits per heavy atom. The number of carbonyl (C=O) groups is 2. The number of carbonyl (C=O) groups excluding carboxylic acids is 2. The number of ether oxygens (including phenoxy) is 1. The second-order valence-electron chi connectivity index (χ2n) is 15.2. The van der Waals surface area contributed by atoms with Crippen molar-refractivity contribution in [2.24, 2.45) is 5.92 Å². The minimum Gasteiger partial charge on any atom is -0.490 e. The van der Waals surface area contributed by atoms with Crippen molar-refractivity contribution in [3.8, 4) is 17.1 Å². The van der Waals surface area contributed by atoms with Crippen LogP contribution in [0.15, 0.2) is 88.1 Å². The van der Waals surface area contributed by atoms with Gasteiger partial charge in [0.2, 0.25) is 17.7 Å². The van der Waals surface area contributed by atoms with Crippen molar-refractivity contribution < 1.29 is 50.9 Å². The molecule has 0 radical (unpaired) electrons. The molecule has 2 amide bonds. The molecule has 1 saturated heterocycles. The largest absolute Gasteiger partial charge is 0.490 e. The van der Waals surface area contributed by atoms with Gasteiger partial charge in [0.25, 0.3) is 0 Å². The van der Waals surface area contributed by atoms with Crippen LogP contribution in [0.1, 0.15) is 43.5 Å². The molecule has 2 aromatic carbocycles.